The molecule has 0 spiro atoms. The molecule has 0 heterocycles. The van der Waals surface area contributed by atoms with Gasteiger partial charge in [0, 0.05) is 10.7 Å². The summed E-state index contributed by atoms with van der Waals surface area (Å²) in [4.78, 5) is 0. The quantitative estimate of drug-likeness (QED) is 0.720. The van der Waals surface area contributed by atoms with Crippen LogP contribution in [-0.2, 0) is 0 Å². The Hall–Kier alpha value is -0.820. The minimum absolute atomic E-state index is 0.523. The monoisotopic (exact) mass is 207 g/mol. The van der Waals surface area contributed by atoms with E-state index in [-0.39, 0.29) is 0 Å². The highest BCUT2D eigenvalue weighted by Gasteiger charge is 2.18. The van der Waals surface area contributed by atoms with E-state index < -0.39 is 0 Å². The fraction of sp³-hybridized carbons (Fsp3) is 0.417. The largest absolute Gasteiger partial charge is 0.310 e. The molecule has 0 amide bonds. The van der Waals surface area contributed by atoms with Gasteiger partial charge in [0.15, 0.2) is 0 Å². The van der Waals surface area contributed by atoms with E-state index in [1.54, 1.807) is 0 Å². The summed E-state index contributed by atoms with van der Waals surface area (Å²) in [5, 5.41) is 8.49. The van der Waals surface area contributed by atoms with Crippen molar-refractivity contribution in [1.82, 2.24) is 0 Å². The Morgan fingerprint density at radius 3 is 2.93 bits per heavy atom. The third kappa shape index (κ3) is 2.16. The van der Waals surface area contributed by atoms with Crippen molar-refractivity contribution in [3.63, 3.8) is 0 Å². The summed E-state index contributed by atoms with van der Waals surface area (Å²) in [5.74, 6) is 0.523. The molecular formula is C12H14ClN. The van der Waals surface area contributed by atoms with Crippen LogP contribution < -0.4 is 0 Å². The number of nitrogens with one attached hydrogen (secondary N) is 1. The van der Waals surface area contributed by atoms with E-state index in [1.807, 2.05) is 18.2 Å². The molecule has 74 valence electrons. The third-order valence-corrected chi connectivity index (χ3v) is 3.08. The first-order chi connectivity index (χ1) is 6.75. The van der Waals surface area contributed by atoms with Gasteiger partial charge in [0.05, 0.1) is 0 Å². The van der Waals surface area contributed by atoms with Crippen molar-refractivity contribution in [2.24, 2.45) is 0 Å². The molecule has 0 aromatic heterocycles. The molecule has 0 saturated heterocycles. The molecule has 0 aliphatic heterocycles. The fourth-order valence-corrected chi connectivity index (χ4v) is 2.31. The van der Waals surface area contributed by atoms with Gasteiger partial charge in [0.25, 0.3) is 0 Å². The summed E-state index contributed by atoms with van der Waals surface area (Å²) in [5.41, 5.74) is 2.18. The first kappa shape index (κ1) is 9.72. The lowest BCUT2D eigenvalue weighted by Crippen LogP contribution is -2.12. The van der Waals surface area contributed by atoms with E-state index in [1.165, 1.54) is 12.0 Å². The Bertz CT molecular complexity index is 346. The highest BCUT2D eigenvalue weighted by molar-refractivity contribution is 6.30. The molecule has 0 bridgehead atoms. The van der Waals surface area contributed by atoms with Gasteiger partial charge in [-0.2, -0.15) is 0 Å². The Labute approximate surface area is 89.6 Å². The maximum atomic E-state index is 7.69. The smallest absolute Gasteiger partial charge is 0.0408 e. The molecule has 1 atom stereocenters. The predicted molar refractivity (Wildman–Crippen MR) is 60.4 cm³/mol. The highest BCUT2D eigenvalue weighted by atomic mass is 35.5. The third-order valence-electron chi connectivity index (χ3n) is 2.84. The van der Waals surface area contributed by atoms with Crippen LogP contribution in [0.1, 0.15) is 37.2 Å². The van der Waals surface area contributed by atoms with E-state index in [4.69, 9.17) is 17.0 Å². The Balaban J connectivity index is 2.17. The number of hydrogen-bond donors (Lipinski definition) is 1. The molecule has 1 aromatic carbocycles. The number of benzene rings is 1. The van der Waals surface area contributed by atoms with E-state index >= 15 is 0 Å². The van der Waals surface area contributed by atoms with Crippen LogP contribution >= 0.6 is 11.6 Å². The summed E-state index contributed by atoms with van der Waals surface area (Å²) in [6, 6.07) is 8.05. The van der Waals surface area contributed by atoms with Crippen molar-refractivity contribution in [2.75, 3.05) is 0 Å². The molecule has 1 fully saturated rings. The molecular weight excluding hydrogens is 194 g/mol. The second kappa shape index (κ2) is 4.14. The van der Waals surface area contributed by atoms with Gasteiger partial charge in [-0.3, -0.25) is 0 Å². The molecule has 2 rings (SSSR count). The average molecular weight is 208 g/mol. The molecule has 0 radical (unpaired) electrons. The zero-order valence-electron chi connectivity index (χ0n) is 8.09. The summed E-state index contributed by atoms with van der Waals surface area (Å²) in [6.07, 6.45) is 4.25. The van der Waals surface area contributed by atoms with Gasteiger partial charge in [0.2, 0.25) is 0 Å². The molecule has 1 N–H and O–H groups in total. The lowest BCUT2D eigenvalue weighted by atomic mass is 9.83. The molecule has 1 aliphatic rings. The van der Waals surface area contributed by atoms with Crippen LogP contribution in [-0.4, -0.2) is 5.71 Å². The Morgan fingerprint density at radius 2 is 2.21 bits per heavy atom. The molecule has 2 heteroatoms. The Kier molecular flexibility index (Phi) is 2.87. The van der Waals surface area contributed by atoms with Crippen molar-refractivity contribution >= 4 is 17.3 Å². The summed E-state index contributed by atoms with van der Waals surface area (Å²) < 4.78 is 0. The predicted octanol–water partition coefficient (Wildman–Crippen LogP) is 4.02. The van der Waals surface area contributed by atoms with Gasteiger partial charge in [-0.05, 0) is 49.3 Å². The van der Waals surface area contributed by atoms with Crippen LogP contribution in [0.4, 0.5) is 0 Å². The van der Waals surface area contributed by atoms with Gasteiger partial charge < -0.3 is 5.41 Å². The maximum absolute atomic E-state index is 7.69. The van der Waals surface area contributed by atoms with Crippen molar-refractivity contribution in [3.8, 4) is 0 Å². The van der Waals surface area contributed by atoms with Crippen LogP contribution in [0.5, 0.6) is 0 Å². The normalized spacial score (nSPS) is 22.4. The van der Waals surface area contributed by atoms with E-state index in [2.05, 4.69) is 6.07 Å². The van der Waals surface area contributed by atoms with Crippen LogP contribution in [0.25, 0.3) is 0 Å². The second-order valence-electron chi connectivity index (χ2n) is 3.95. The number of halogens is 1. The molecule has 1 unspecified atom stereocenters. The van der Waals surface area contributed by atoms with Crippen molar-refractivity contribution < 1.29 is 0 Å². The van der Waals surface area contributed by atoms with Crippen LogP contribution in [0.2, 0.25) is 5.02 Å². The standard InChI is InChI=1S/C12H14ClN/c13-11-5-1-3-9(7-11)10-4-2-6-12(14)8-10/h1,3,5,7,10,14H,2,4,6,8H2. The van der Waals surface area contributed by atoms with Crippen molar-refractivity contribution in [1.29, 1.82) is 5.41 Å². The lowest BCUT2D eigenvalue weighted by molar-refractivity contribution is 0.576. The number of rotatable bonds is 1. The number of hydrogen-bond acceptors (Lipinski definition) is 1. The van der Waals surface area contributed by atoms with Gasteiger partial charge in [-0.15, -0.1) is 0 Å². The van der Waals surface area contributed by atoms with Gasteiger partial charge in [0.1, 0.15) is 0 Å². The molecule has 14 heavy (non-hydrogen) atoms. The van der Waals surface area contributed by atoms with Gasteiger partial charge in [-0.25, -0.2) is 0 Å². The second-order valence-corrected chi connectivity index (χ2v) is 4.39. The molecule has 1 aliphatic carbocycles. The van der Waals surface area contributed by atoms with Gasteiger partial charge >= 0.3 is 0 Å². The van der Waals surface area contributed by atoms with Crippen LogP contribution in [0.15, 0.2) is 24.3 Å². The zero-order chi connectivity index (χ0) is 9.97. The summed E-state index contributed by atoms with van der Waals surface area (Å²) in [6.45, 7) is 0. The fourth-order valence-electron chi connectivity index (χ4n) is 2.11. The van der Waals surface area contributed by atoms with E-state index in [0.717, 1.165) is 30.0 Å². The summed E-state index contributed by atoms with van der Waals surface area (Å²) >= 11 is 5.95. The van der Waals surface area contributed by atoms with Crippen molar-refractivity contribution in [2.45, 2.75) is 31.6 Å². The first-order valence-corrected chi connectivity index (χ1v) is 5.45. The molecule has 1 saturated carbocycles. The van der Waals surface area contributed by atoms with Gasteiger partial charge in [-0.1, -0.05) is 23.7 Å². The highest BCUT2D eigenvalue weighted by Crippen LogP contribution is 2.31. The summed E-state index contributed by atoms with van der Waals surface area (Å²) in [7, 11) is 0. The Morgan fingerprint density at radius 1 is 1.36 bits per heavy atom. The topological polar surface area (TPSA) is 23.9 Å². The van der Waals surface area contributed by atoms with E-state index in [9.17, 15) is 0 Å². The van der Waals surface area contributed by atoms with E-state index in [0.29, 0.717) is 5.92 Å². The van der Waals surface area contributed by atoms with Crippen molar-refractivity contribution in [3.05, 3.63) is 34.9 Å². The SMILES string of the molecule is N=C1CCCC(c2cccc(Cl)c2)C1. The maximum Gasteiger partial charge on any atom is 0.0408 e. The minimum atomic E-state index is 0.523. The minimum Gasteiger partial charge on any atom is -0.310 e. The van der Waals surface area contributed by atoms with Crippen LogP contribution in [0.3, 0.4) is 0 Å². The molecule has 1 nitrogen and oxygen atoms in total. The van der Waals surface area contributed by atoms with Crippen LogP contribution in [0, 0.1) is 5.41 Å². The first-order valence-electron chi connectivity index (χ1n) is 5.07. The molecule has 1 aromatic rings. The average Bonchev–Trinajstić information content (AvgIpc) is 2.18. The zero-order valence-corrected chi connectivity index (χ0v) is 8.85. The lowest BCUT2D eigenvalue weighted by Gasteiger charge is -2.22.